The highest BCUT2D eigenvalue weighted by Gasteiger charge is 2.30. The minimum Gasteiger partial charge on any atom is -0.335 e. The van der Waals surface area contributed by atoms with Gasteiger partial charge in [0.1, 0.15) is 5.56 Å². The Bertz CT molecular complexity index is 741. The summed E-state index contributed by atoms with van der Waals surface area (Å²) in [7, 11) is 0. The van der Waals surface area contributed by atoms with Crippen LogP contribution in [0.15, 0.2) is 47.4 Å². The first kappa shape index (κ1) is 14.9. The van der Waals surface area contributed by atoms with E-state index < -0.39 is 0 Å². The first-order valence-corrected chi connectivity index (χ1v) is 7.76. The Kier molecular flexibility index (Phi) is 4.29. The fourth-order valence-corrected chi connectivity index (χ4v) is 3.19. The van der Waals surface area contributed by atoms with Gasteiger partial charge in [-0.1, -0.05) is 29.8 Å². The molecule has 1 aromatic heterocycles. The molecule has 0 radical (unpaired) electrons. The third-order valence-electron chi connectivity index (χ3n) is 4.10. The summed E-state index contributed by atoms with van der Waals surface area (Å²) in [6, 6.07) is 11.0. The quantitative estimate of drug-likeness (QED) is 0.946. The van der Waals surface area contributed by atoms with Crippen LogP contribution in [0.25, 0.3) is 0 Å². The van der Waals surface area contributed by atoms with Crippen molar-refractivity contribution in [1.82, 2.24) is 9.88 Å². The van der Waals surface area contributed by atoms with Gasteiger partial charge in [-0.15, -0.1) is 0 Å². The van der Waals surface area contributed by atoms with E-state index >= 15 is 0 Å². The zero-order valence-corrected chi connectivity index (χ0v) is 12.8. The Morgan fingerprint density at radius 2 is 2.09 bits per heavy atom. The van der Waals surface area contributed by atoms with Gasteiger partial charge < -0.3 is 9.88 Å². The van der Waals surface area contributed by atoms with Crippen LogP contribution >= 0.6 is 11.6 Å². The zero-order chi connectivity index (χ0) is 15.5. The fourth-order valence-electron chi connectivity index (χ4n) is 2.98. The lowest BCUT2D eigenvalue weighted by molar-refractivity contribution is 0.0734. The molecule has 1 amide bonds. The van der Waals surface area contributed by atoms with E-state index in [1.54, 1.807) is 17.0 Å². The van der Waals surface area contributed by atoms with E-state index in [2.05, 4.69) is 4.98 Å². The van der Waals surface area contributed by atoms with Crippen LogP contribution < -0.4 is 5.56 Å². The molecular weight excluding hydrogens is 300 g/mol. The molecule has 1 fully saturated rings. The maximum atomic E-state index is 12.6. The van der Waals surface area contributed by atoms with Crippen molar-refractivity contribution in [3.05, 3.63) is 69.1 Å². The van der Waals surface area contributed by atoms with Crippen molar-refractivity contribution in [2.75, 3.05) is 6.54 Å². The molecule has 0 bridgehead atoms. The van der Waals surface area contributed by atoms with Gasteiger partial charge in [0.25, 0.3) is 11.5 Å². The number of aromatic nitrogens is 1. The molecule has 1 saturated heterocycles. The van der Waals surface area contributed by atoms with Crippen LogP contribution in [0.5, 0.6) is 0 Å². The van der Waals surface area contributed by atoms with Gasteiger partial charge in [0.05, 0.1) is 0 Å². The van der Waals surface area contributed by atoms with Crippen LogP contribution in [-0.4, -0.2) is 28.4 Å². The second-order valence-electron chi connectivity index (χ2n) is 5.50. The maximum absolute atomic E-state index is 12.6. The number of carbonyl (C=O) groups excluding carboxylic acids is 1. The summed E-state index contributed by atoms with van der Waals surface area (Å²) in [5.41, 5.74) is 0.903. The molecule has 2 aromatic rings. The van der Waals surface area contributed by atoms with Gasteiger partial charge >= 0.3 is 0 Å². The molecule has 4 nitrogen and oxygen atoms in total. The molecule has 1 N–H and O–H groups in total. The van der Waals surface area contributed by atoms with E-state index in [9.17, 15) is 9.59 Å². The molecule has 114 valence electrons. The van der Waals surface area contributed by atoms with Gasteiger partial charge in [0.15, 0.2) is 0 Å². The number of likely N-dealkylation sites (tertiary alicyclic amines) is 1. The number of pyridine rings is 1. The SMILES string of the molecule is O=C(c1ccc[nH]c1=O)N1CCCC1Cc1ccccc1Cl. The second kappa shape index (κ2) is 6.36. The van der Waals surface area contributed by atoms with Gasteiger partial charge in [-0.05, 0) is 43.0 Å². The van der Waals surface area contributed by atoms with E-state index in [4.69, 9.17) is 11.6 Å². The number of aromatic amines is 1. The second-order valence-corrected chi connectivity index (χ2v) is 5.91. The molecule has 0 spiro atoms. The van der Waals surface area contributed by atoms with Crippen LogP contribution in [0, 0.1) is 0 Å². The molecular formula is C17H17ClN2O2. The molecule has 2 heterocycles. The molecule has 3 rings (SSSR count). The lowest BCUT2D eigenvalue weighted by atomic mass is 10.0. The predicted molar refractivity (Wildman–Crippen MR) is 86.3 cm³/mol. The standard InChI is InChI=1S/C17H17ClN2O2/c18-15-8-2-1-5-12(15)11-13-6-4-10-20(13)17(22)14-7-3-9-19-16(14)21/h1-3,5,7-9,13H,4,6,10-11H2,(H,19,21). The smallest absolute Gasteiger partial charge is 0.260 e. The first-order chi connectivity index (χ1) is 10.7. The number of carbonyl (C=O) groups is 1. The highest BCUT2D eigenvalue weighted by molar-refractivity contribution is 6.31. The minimum absolute atomic E-state index is 0.0898. The van der Waals surface area contributed by atoms with Crippen LogP contribution in [-0.2, 0) is 6.42 Å². The van der Waals surface area contributed by atoms with Crippen molar-refractivity contribution >= 4 is 17.5 Å². The van der Waals surface area contributed by atoms with Crippen molar-refractivity contribution in [3.8, 4) is 0 Å². The molecule has 1 aliphatic rings. The van der Waals surface area contributed by atoms with Gasteiger partial charge in [-0.2, -0.15) is 0 Å². The number of benzene rings is 1. The first-order valence-electron chi connectivity index (χ1n) is 7.39. The summed E-state index contributed by atoms with van der Waals surface area (Å²) in [5, 5.41) is 0.722. The number of hydrogen-bond acceptors (Lipinski definition) is 2. The van der Waals surface area contributed by atoms with Crippen molar-refractivity contribution in [2.24, 2.45) is 0 Å². The average Bonchev–Trinajstić information content (AvgIpc) is 2.98. The number of halogens is 1. The Balaban J connectivity index is 1.82. The van der Waals surface area contributed by atoms with Gasteiger partial charge in [0.2, 0.25) is 0 Å². The van der Waals surface area contributed by atoms with Crippen LogP contribution in [0.4, 0.5) is 0 Å². The molecule has 1 aromatic carbocycles. The van der Waals surface area contributed by atoms with Crippen molar-refractivity contribution < 1.29 is 4.79 Å². The number of nitrogens with one attached hydrogen (secondary N) is 1. The molecule has 1 atom stereocenters. The molecule has 0 saturated carbocycles. The van der Waals surface area contributed by atoms with Crippen molar-refractivity contribution in [2.45, 2.75) is 25.3 Å². The molecule has 1 aliphatic heterocycles. The predicted octanol–water partition coefficient (Wildman–Crippen LogP) is 2.88. The largest absolute Gasteiger partial charge is 0.335 e. The third kappa shape index (κ3) is 2.92. The highest BCUT2D eigenvalue weighted by Crippen LogP contribution is 2.25. The molecule has 1 unspecified atom stereocenters. The monoisotopic (exact) mass is 316 g/mol. The average molecular weight is 317 g/mol. The summed E-state index contributed by atoms with van der Waals surface area (Å²) in [5.74, 6) is -0.198. The summed E-state index contributed by atoms with van der Waals surface area (Å²) in [4.78, 5) is 28.8. The van der Waals surface area contributed by atoms with E-state index in [1.165, 1.54) is 6.20 Å². The lowest BCUT2D eigenvalue weighted by Gasteiger charge is -2.25. The van der Waals surface area contributed by atoms with Crippen molar-refractivity contribution in [1.29, 1.82) is 0 Å². The van der Waals surface area contributed by atoms with Gasteiger partial charge in [-0.3, -0.25) is 9.59 Å². The number of amides is 1. The van der Waals surface area contributed by atoms with Crippen LogP contribution in [0.3, 0.4) is 0 Å². The van der Waals surface area contributed by atoms with Crippen LogP contribution in [0.2, 0.25) is 5.02 Å². The topological polar surface area (TPSA) is 53.2 Å². The van der Waals surface area contributed by atoms with Crippen molar-refractivity contribution in [3.63, 3.8) is 0 Å². The number of H-pyrrole nitrogens is 1. The Labute approximate surface area is 133 Å². The Hall–Kier alpha value is -2.07. The zero-order valence-electron chi connectivity index (χ0n) is 12.1. The number of hydrogen-bond donors (Lipinski definition) is 1. The molecule has 5 heteroatoms. The van der Waals surface area contributed by atoms with E-state index in [1.807, 2.05) is 24.3 Å². The third-order valence-corrected chi connectivity index (χ3v) is 4.47. The van der Waals surface area contributed by atoms with Gasteiger partial charge in [-0.25, -0.2) is 0 Å². The molecule has 0 aliphatic carbocycles. The summed E-state index contributed by atoms with van der Waals surface area (Å²) in [6.45, 7) is 0.683. The van der Waals surface area contributed by atoms with E-state index in [-0.39, 0.29) is 23.1 Å². The highest BCUT2D eigenvalue weighted by atomic mass is 35.5. The Morgan fingerprint density at radius 1 is 1.27 bits per heavy atom. The normalized spacial score (nSPS) is 17.7. The molecule has 22 heavy (non-hydrogen) atoms. The lowest BCUT2D eigenvalue weighted by Crippen LogP contribution is -2.39. The summed E-state index contributed by atoms with van der Waals surface area (Å²) >= 11 is 6.21. The van der Waals surface area contributed by atoms with Gasteiger partial charge in [0, 0.05) is 23.8 Å². The van der Waals surface area contributed by atoms with E-state index in [0.29, 0.717) is 6.54 Å². The maximum Gasteiger partial charge on any atom is 0.260 e. The summed E-state index contributed by atoms with van der Waals surface area (Å²) in [6.07, 6.45) is 4.13. The minimum atomic E-state index is -0.337. The summed E-state index contributed by atoms with van der Waals surface area (Å²) < 4.78 is 0. The van der Waals surface area contributed by atoms with E-state index in [0.717, 1.165) is 29.8 Å². The fraction of sp³-hybridized carbons (Fsp3) is 0.294. The van der Waals surface area contributed by atoms with Crippen LogP contribution in [0.1, 0.15) is 28.8 Å². The number of nitrogens with zero attached hydrogens (tertiary/aromatic N) is 1. The Morgan fingerprint density at radius 3 is 2.86 bits per heavy atom. The number of rotatable bonds is 3.